The van der Waals surface area contributed by atoms with Gasteiger partial charge in [0.1, 0.15) is 0 Å². The molecule has 1 aromatic heterocycles. The van der Waals surface area contributed by atoms with Gasteiger partial charge in [0.25, 0.3) is 0 Å². The number of hydrogen-bond acceptors (Lipinski definition) is 0. The van der Waals surface area contributed by atoms with E-state index in [9.17, 15) is 0 Å². The van der Waals surface area contributed by atoms with Gasteiger partial charge in [-0.1, -0.05) is 0 Å². The van der Waals surface area contributed by atoms with Crippen LogP contribution in [0.15, 0.2) is 60.9 Å². The van der Waals surface area contributed by atoms with Gasteiger partial charge < -0.3 is 0 Å². The van der Waals surface area contributed by atoms with Crippen LogP contribution in [0.25, 0.3) is 0 Å². The molecule has 0 radical (unpaired) electrons. The predicted molar refractivity (Wildman–Crippen MR) is 53.9 cm³/mol. The maximum atomic E-state index is 2.22. The standard InChI is InChI=1S/C11H10NSe/c1-3-7-11(8-4-1)13-12-9-5-2-6-10-12/h1-10H/q+1. The predicted octanol–water partition coefficient (Wildman–Crippen LogP) is 0.767. The first-order valence-corrected chi connectivity index (χ1v) is 5.77. The second kappa shape index (κ2) is 4.22. The van der Waals surface area contributed by atoms with E-state index in [1.807, 2.05) is 6.07 Å². The van der Waals surface area contributed by atoms with Crippen molar-refractivity contribution in [3.63, 3.8) is 0 Å². The number of rotatable bonds is 2. The van der Waals surface area contributed by atoms with Gasteiger partial charge in [-0.05, 0) is 0 Å². The minimum atomic E-state index is 0.377. The molecule has 0 saturated heterocycles. The topological polar surface area (TPSA) is 3.88 Å². The Morgan fingerprint density at radius 2 is 1.38 bits per heavy atom. The van der Waals surface area contributed by atoms with Crippen LogP contribution >= 0.6 is 0 Å². The number of pyridine rings is 1. The Morgan fingerprint density at radius 1 is 0.769 bits per heavy atom. The van der Waals surface area contributed by atoms with Crippen LogP contribution in [0.4, 0.5) is 0 Å². The van der Waals surface area contributed by atoms with Gasteiger partial charge in [0.15, 0.2) is 0 Å². The number of nitrogens with zero attached hydrogens (tertiary/aromatic N) is 1. The molecule has 0 aliphatic rings. The maximum absolute atomic E-state index is 2.22. The molecule has 0 spiro atoms. The van der Waals surface area contributed by atoms with E-state index in [2.05, 4.69) is 58.4 Å². The summed E-state index contributed by atoms with van der Waals surface area (Å²) in [4.78, 5) is 0. The van der Waals surface area contributed by atoms with Crippen LogP contribution in [0.5, 0.6) is 0 Å². The zero-order valence-corrected chi connectivity index (χ0v) is 8.84. The van der Waals surface area contributed by atoms with Crippen molar-refractivity contribution in [3.8, 4) is 0 Å². The Bertz CT molecular complexity index is 321. The number of benzene rings is 1. The van der Waals surface area contributed by atoms with Gasteiger partial charge in [-0.2, -0.15) is 0 Å². The van der Waals surface area contributed by atoms with Gasteiger partial charge >= 0.3 is 84.1 Å². The van der Waals surface area contributed by atoms with E-state index in [4.69, 9.17) is 0 Å². The van der Waals surface area contributed by atoms with Gasteiger partial charge in [0.05, 0.1) is 0 Å². The molecular weight excluding hydrogens is 225 g/mol. The van der Waals surface area contributed by atoms with E-state index < -0.39 is 0 Å². The molecule has 0 unspecified atom stereocenters. The van der Waals surface area contributed by atoms with Crippen molar-refractivity contribution in [1.82, 2.24) is 0 Å². The summed E-state index contributed by atoms with van der Waals surface area (Å²) in [5, 5.41) is 0. The Labute approximate surface area is 84.4 Å². The molecule has 1 aromatic carbocycles. The second-order valence-corrected chi connectivity index (χ2v) is 4.90. The molecule has 13 heavy (non-hydrogen) atoms. The van der Waals surface area contributed by atoms with Crippen LogP contribution in [0.3, 0.4) is 0 Å². The molecule has 2 heteroatoms. The van der Waals surface area contributed by atoms with Gasteiger partial charge in [0.2, 0.25) is 0 Å². The van der Waals surface area contributed by atoms with E-state index in [1.54, 1.807) is 0 Å². The van der Waals surface area contributed by atoms with E-state index in [0.717, 1.165) is 0 Å². The molecule has 0 saturated carbocycles. The van der Waals surface area contributed by atoms with E-state index in [1.165, 1.54) is 4.46 Å². The van der Waals surface area contributed by atoms with Crippen molar-refractivity contribution in [2.45, 2.75) is 0 Å². The van der Waals surface area contributed by atoms with Gasteiger partial charge in [0, 0.05) is 0 Å². The first kappa shape index (κ1) is 8.49. The molecule has 1 heterocycles. The summed E-state index contributed by atoms with van der Waals surface area (Å²) in [7, 11) is 0. The minimum absolute atomic E-state index is 0.377. The third-order valence-electron chi connectivity index (χ3n) is 1.64. The molecule has 0 amide bonds. The quantitative estimate of drug-likeness (QED) is 0.677. The molecule has 0 N–H and O–H groups in total. The summed E-state index contributed by atoms with van der Waals surface area (Å²) in [6, 6.07) is 16.7. The Kier molecular flexibility index (Phi) is 2.75. The van der Waals surface area contributed by atoms with Crippen molar-refractivity contribution < 1.29 is 3.58 Å². The fourth-order valence-corrected chi connectivity index (χ4v) is 2.69. The summed E-state index contributed by atoms with van der Waals surface area (Å²) in [5.74, 6) is 0. The van der Waals surface area contributed by atoms with E-state index >= 15 is 0 Å². The molecule has 64 valence electrons. The molecule has 0 fully saturated rings. The fraction of sp³-hybridized carbons (Fsp3) is 0. The van der Waals surface area contributed by atoms with E-state index in [0.29, 0.717) is 15.2 Å². The molecule has 2 rings (SSSR count). The van der Waals surface area contributed by atoms with Crippen molar-refractivity contribution in [1.29, 1.82) is 0 Å². The summed E-state index contributed by atoms with van der Waals surface area (Å²) >= 11 is 0.377. The SMILES string of the molecule is c1ccc([Se][n+]2ccccc2)cc1. The zero-order chi connectivity index (χ0) is 8.93. The first-order chi connectivity index (χ1) is 6.45. The second-order valence-electron chi connectivity index (χ2n) is 2.64. The van der Waals surface area contributed by atoms with Crippen molar-refractivity contribution in [2.75, 3.05) is 0 Å². The number of aromatic nitrogens is 1. The average Bonchev–Trinajstić information content (AvgIpc) is 2.21. The monoisotopic (exact) mass is 236 g/mol. The number of hydrogen-bond donors (Lipinski definition) is 0. The fourth-order valence-electron chi connectivity index (χ4n) is 1.05. The first-order valence-electron chi connectivity index (χ1n) is 4.15. The Morgan fingerprint density at radius 3 is 2.08 bits per heavy atom. The molecule has 0 bridgehead atoms. The molecule has 0 aliphatic heterocycles. The zero-order valence-electron chi connectivity index (χ0n) is 7.13. The van der Waals surface area contributed by atoms with Crippen molar-refractivity contribution in [2.24, 2.45) is 0 Å². The van der Waals surface area contributed by atoms with Crippen LogP contribution in [-0.2, 0) is 0 Å². The normalized spacial score (nSPS) is 9.85. The Balaban J connectivity index is 2.16. The summed E-state index contributed by atoms with van der Waals surface area (Å²) in [6.07, 6.45) is 4.21. The van der Waals surface area contributed by atoms with Crippen LogP contribution in [-0.4, -0.2) is 15.2 Å². The van der Waals surface area contributed by atoms with Crippen LogP contribution in [0.1, 0.15) is 0 Å². The molecule has 1 nitrogen and oxygen atoms in total. The van der Waals surface area contributed by atoms with Crippen molar-refractivity contribution in [3.05, 3.63) is 60.9 Å². The molecule has 0 atom stereocenters. The third kappa shape index (κ3) is 2.41. The summed E-state index contributed by atoms with van der Waals surface area (Å²) in [5.41, 5.74) is 0. The van der Waals surface area contributed by atoms with Gasteiger partial charge in [-0.25, -0.2) is 0 Å². The van der Waals surface area contributed by atoms with E-state index in [-0.39, 0.29) is 0 Å². The molecule has 0 aliphatic carbocycles. The van der Waals surface area contributed by atoms with Crippen LogP contribution in [0.2, 0.25) is 0 Å². The van der Waals surface area contributed by atoms with Crippen LogP contribution < -0.4 is 8.05 Å². The average molecular weight is 235 g/mol. The molecule has 2 aromatic rings. The Hall–Kier alpha value is -1.11. The van der Waals surface area contributed by atoms with Gasteiger partial charge in [-0.3, -0.25) is 0 Å². The van der Waals surface area contributed by atoms with Gasteiger partial charge in [-0.15, -0.1) is 0 Å². The third-order valence-corrected chi connectivity index (χ3v) is 3.61. The van der Waals surface area contributed by atoms with Crippen LogP contribution in [0, 0.1) is 0 Å². The van der Waals surface area contributed by atoms with Crippen molar-refractivity contribution >= 4 is 19.6 Å². The molecular formula is C11H10NSe+. The summed E-state index contributed by atoms with van der Waals surface area (Å²) < 4.78 is 3.62. The summed E-state index contributed by atoms with van der Waals surface area (Å²) in [6.45, 7) is 0.